The van der Waals surface area contributed by atoms with Crippen LogP contribution in [0.4, 0.5) is 0 Å². The van der Waals surface area contributed by atoms with Gasteiger partial charge in [0.1, 0.15) is 5.82 Å². The fourth-order valence-electron chi connectivity index (χ4n) is 4.18. The number of likely N-dealkylation sites (tertiary alicyclic amines) is 2. The molecule has 0 N–H and O–H groups in total. The molecule has 4 heterocycles. The zero-order valence-corrected chi connectivity index (χ0v) is 15.0. The summed E-state index contributed by atoms with van der Waals surface area (Å²) in [7, 11) is 2.05. The standard InChI is InChI=1S/C18H24N4OS/c1-20-10-7-19-16(20)12-21-9-6-18(13-21)5-3-8-22(14-18)17(23)15-4-2-11-24-15/h2,4,7,10-11H,3,5-6,8-9,12-14H2,1H3. The molecular formula is C18H24N4OS. The molecule has 1 unspecified atom stereocenters. The van der Waals surface area contributed by atoms with E-state index >= 15 is 0 Å². The molecule has 1 atom stereocenters. The Balaban J connectivity index is 1.42. The highest BCUT2D eigenvalue weighted by Gasteiger charge is 2.42. The zero-order valence-electron chi connectivity index (χ0n) is 14.1. The number of hydrogen-bond donors (Lipinski definition) is 0. The first-order chi connectivity index (χ1) is 11.7. The van der Waals surface area contributed by atoms with Crippen LogP contribution < -0.4 is 0 Å². The maximum atomic E-state index is 12.7. The van der Waals surface area contributed by atoms with Crippen molar-refractivity contribution in [3.63, 3.8) is 0 Å². The summed E-state index contributed by atoms with van der Waals surface area (Å²) in [5.41, 5.74) is 0.274. The molecule has 0 radical (unpaired) electrons. The third-order valence-electron chi connectivity index (χ3n) is 5.48. The minimum atomic E-state index is 0.214. The van der Waals surface area contributed by atoms with Gasteiger partial charge in [0.15, 0.2) is 0 Å². The van der Waals surface area contributed by atoms with E-state index in [1.54, 1.807) is 11.3 Å². The lowest BCUT2D eigenvalue weighted by molar-refractivity contribution is 0.0530. The van der Waals surface area contributed by atoms with Gasteiger partial charge in [0.2, 0.25) is 0 Å². The summed E-state index contributed by atoms with van der Waals surface area (Å²) >= 11 is 1.55. The molecule has 6 heteroatoms. The molecule has 1 spiro atoms. The average Bonchev–Trinajstić information content (AvgIpc) is 3.31. The summed E-state index contributed by atoms with van der Waals surface area (Å²) in [6, 6.07) is 3.90. The molecule has 2 aliphatic rings. The van der Waals surface area contributed by atoms with Crippen LogP contribution in [0.5, 0.6) is 0 Å². The molecule has 24 heavy (non-hydrogen) atoms. The number of aryl methyl sites for hydroxylation is 1. The molecule has 1 amide bonds. The Kier molecular flexibility index (Phi) is 4.18. The van der Waals surface area contributed by atoms with Gasteiger partial charge in [0.25, 0.3) is 5.91 Å². The summed E-state index contributed by atoms with van der Waals surface area (Å²) in [5.74, 6) is 1.33. The lowest BCUT2D eigenvalue weighted by Gasteiger charge is -2.40. The number of imidazole rings is 1. The highest BCUT2D eigenvalue weighted by molar-refractivity contribution is 7.12. The highest BCUT2D eigenvalue weighted by atomic mass is 32.1. The van der Waals surface area contributed by atoms with E-state index in [9.17, 15) is 4.79 Å². The van der Waals surface area contributed by atoms with Crippen LogP contribution in [-0.2, 0) is 13.6 Å². The van der Waals surface area contributed by atoms with Crippen molar-refractivity contribution in [3.05, 3.63) is 40.6 Å². The van der Waals surface area contributed by atoms with Gasteiger partial charge in [0, 0.05) is 44.5 Å². The van der Waals surface area contributed by atoms with Crippen molar-refractivity contribution in [2.75, 3.05) is 26.2 Å². The van der Waals surface area contributed by atoms with Crippen molar-refractivity contribution in [2.45, 2.75) is 25.8 Å². The number of amides is 1. The fourth-order valence-corrected chi connectivity index (χ4v) is 4.87. The first-order valence-electron chi connectivity index (χ1n) is 8.67. The number of aromatic nitrogens is 2. The first-order valence-corrected chi connectivity index (χ1v) is 9.55. The molecule has 128 valence electrons. The summed E-state index contributed by atoms with van der Waals surface area (Å²) in [5, 5.41) is 1.98. The molecule has 0 aliphatic carbocycles. The zero-order chi connectivity index (χ0) is 16.6. The van der Waals surface area contributed by atoms with Gasteiger partial charge in [-0.1, -0.05) is 6.07 Å². The second-order valence-corrected chi connectivity index (χ2v) is 8.17. The summed E-state index contributed by atoms with van der Waals surface area (Å²) in [4.78, 5) is 22.6. The second kappa shape index (κ2) is 6.33. The van der Waals surface area contributed by atoms with Crippen molar-refractivity contribution in [1.29, 1.82) is 0 Å². The van der Waals surface area contributed by atoms with Crippen LogP contribution in [-0.4, -0.2) is 51.4 Å². The lowest BCUT2D eigenvalue weighted by Crippen LogP contribution is -2.47. The fraction of sp³-hybridized carbons (Fsp3) is 0.556. The molecule has 0 bridgehead atoms. The Hall–Kier alpha value is -1.66. The van der Waals surface area contributed by atoms with Crippen molar-refractivity contribution in [1.82, 2.24) is 19.4 Å². The van der Waals surface area contributed by atoms with Crippen LogP contribution in [0.3, 0.4) is 0 Å². The predicted octanol–water partition coefficient (Wildman–Crippen LogP) is 2.61. The SMILES string of the molecule is Cn1ccnc1CN1CCC2(CCCN(C(=O)c3cccs3)C2)C1. The third-order valence-corrected chi connectivity index (χ3v) is 6.34. The Bertz CT molecular complexity index is 710. The lowest BCUT2D eigenvalue weighted by atomic mass is 9.79. The van der Waals surface area contributed by atoms with Crippen LogP contribution in [0.1, 0.15) is 34.8 Å². The number of piperidine rings is 1. The summed E-state index contributed by atoms with van der Waals surface area (Å²) in [6.45, 7) is 4.89. The predicted molar refractivity (Wildman–Crippen MR) is 95.0 cm³/mol. The number of rotatable bonds is 3. The Morgan fingerprint density at radius 1 is 1.33 bits per heavy atom. The topological polar surface area (TPSA) is 41.4 Å². The van der Waals surface area contributed by atoms with Gasteiger partial charge < -0.3 is 9.47 Å². The Morgan fingerprint density at radius 3 is 3.00 bits per heavy atom. The Labute approximate surface area is 146 Å². The third kappa shape index (κ3) is 3.00. The first kappa shape index (κ1) is 15.8. The number of nitrogens with zero attached hydrogens (tertiary/aromatic N) is 4. The maximum absolute atomic E-state index is 12.7. The minimum Gasteiger partial charge on any atom is -0.337 e. The summed E-state index contributed by atoms with van der Waals surface area (Å²) < 4.78 is 2.10. The van der Waals surface area contributed by atoms with E-state index in [1.165, 1.54) is 12.8 Å². The molecule has 0 aromatic carbocycles. The van der Waals surface area contributed by atoms with Gasteiger partial charge in [-0.05, 0) is 37.3 Å². The van der Waals surface area contributed by atoms with Crippen LogP contribution in [0.15, 0.2) is 29.9 Å². The van der Waals surface area contributed by atoms with Gasteiger partial charge in [-0.25, -0.2) is 4.98 Å². The van der Waals surface area contributed by atoms with Gasteiger partial charge >= 0.3 is 0 Å². The van der Waals surface area contributed by atoms with Crippen LogP contribution in [0.25, 0.3) is 0 Å². The molecule has 0 saturated carbocycles. The van der Waals surface area contributed by atoms with Gasteiger partial charge in [0.05, 0.1) is 11.4 Å². The molecule has 2 aromatic rings. The molecular weight excluding hydrogens is 320 g/mol. The minimum absolute atomic E-state index is 0.214. The number of hydrogen-bond acceptors (Lipinski definition) is 4. The van der Waals surface area contributed by atoms with Gasteiger partial charge in [-0.3, -0.25) is 9.69 Å². The molecule has 4 rings (SSSR count). The van der Waals surface area contributed by atoms with E-state index < -0.39 is 0 Å². The number of thiophene rings is 1. The average molecular weight is 344 g/mol. The van der Waals surface area contributed by atoms with E-state index in [-0.39, 0.29) is 11.3 Å². The van der Waals surface area contributed by atoms with E-state index in [2.05, 4.69) is 26.4 Å². The highest BCUT2D eigenvalue weighted by Crippen LogP contribution is 2.39. The molecule has 5 nitrogen and oxygen atoms in total. The molecule has 2 saturated heterocycles. The van der Waals surface area contributed by atoms with Crippen molar-refractivity contribution in [3.8, 4) is 0 Å². The Morgan fingerprint density at radius 2 is 2.25 bits per heavy atom. The van der Waals surface area contributed by atoms with Crippen molar-refractivity contribution < 1.29 is 4.79 Å². The number of carbonyl (C=O) groups is 1. The summed E-state index contributed by atoms with van der Waals surface area (Å²) in [6.07, 6.45) is 7.41. The molecule has 2 aromatic heterocycles. The van der Waals surface area contributed by atoms with Crippen LogP contribution >= 0.6 is 11.3 Å². The van der Waals surface area contributed by atoms with Gasteiger partial charge in [-0.15, -0.1) is 11.3 Å². The van der Waals surface area contributed by atoms with E-state index in [1.807, 2.05) is 29.9 Å². The van der Waals surface area contributed by atoms with E-state index in [0.717, 1.165) is 49.8 Å². The van der Waals surface area contributed by atoms with E-state index in [0.29, 0.717) is 0 Å². The monoisotopic (exact) mass is 344 g/mol. The van der Waals surface area contributed by atoms with Crippen molar-refractivity contribution in [2.24, 2.45) is 12.5 Å². The molecule has 2 fully saturated rings. The van der Waals surface area contributed by atoms with Crippen molar-refractivity contribution >= 4 is 17.2 Å². The quantitative estimate of drug-likeness (QED) is 0.859. The van der Waals surface area contributed by atoms with Crippen LogP contribution in [0.2, 0.25) is 0 Å². The number of carbonyl (C=O) groups excluding carboxylic acids is 1. The van der Waals surface area contributed by atoms with E-state index in [4.69, 9.17) is 0 Å². The second-order valence-electron chi connectivity index (χ2n) is 7.22. The normalized spacial score (nSPS) is 24.8. The largest absolute Gasteiger partial charge is 0.337 e. The van der Waals surface area contributed by atoms with Gasteiger partial charge in [-0.2, -0.15) is 0 Å². The smallest absolute Gasteiger partial charge is 0.263 e. The molecule has 2 aliphatic heterocycles. The van der Waals surface area contributed by atoms with Crippen LogP contribution in [0, 0.1) is 5.41 Å². The maximum Gasteiger partial charge on any atom is 0.263 e.